The number of H-pyrrole nitrogens is 1. The maximum absolute atomic E-state index is 11.6. The van der Waals surface area contributed by atoms with Crippen LogP contribution in [-0.2, 0) is 0 Å². The van der Waals surface area contributed by atoms with E-state index < -0.39 is 0 Å². The van der Waals surface area contributed by atoms with E-state index in [1.54, 1.807) is 10.9 Å². The van der Waals surface area contributed by atoms with Crippen LogP contribution in [0.2, 0.25) is 0 Å². The number of nitrogens with two attached hydrogens (primary N) is 1. The van der Waals surface area contributed by atoms with Crippen molar-refractivity contribution in [3.05, 3.63) is 28.8 Å². The molecule has 94 valence electrons. The van der Waals surface area contributed by atoms with Gasteiger partial charge in [-0.2, -0.15) is 4.98 Å². The molecule has 2 heterocycles. The molecule has 1 fully saturated rings. The molecule has 7 heteroatoms. The second-order valence-electron chi connectivity index (χ2n) is 4.49. The van der Waals surface area contributed by atoms with Crippen LogP contribution in [0.1, 0.15) is 12.5 Å². The molecule has 2 aromatic rings. The van der Waals surface area contributed by atoms with Gasteiger partial charge in [0.15, 0.2) is 11.2 Å². The van der Waals surface area contributed by atoms with Gasteiger partial charge in [-0.3, -0.25) is 9.78 Å². The third-order valence-corrected chi connectivity index (χ3v) is 3.46. The number of fused-ring (bicyclic) bond motifs is 1. The van der Waals surface area contributed by atoms with Crippen LogP contribution in [0.4, 0.5) is 5.95 Å². The minimum absolute atomic E-state index is 0.00953. The number of anilines is 1. The first-order valence-corrected chi connectivity index (χ1v) is 5.62. The SMILES string of the molecule is C=C1C[C@@H](n2cnc3c(=O)[nH]c(N)nc32)[C@@H]1CO. The Kier molecular flexibility index (Phi) is 2.24. The Labute approximate surface area is 102 Å². The van der Waals surface area contributed by atoms with Gasteiger partial charge in [-0.05, 0) is 6.42 Å². The molecule has 1 aliphatic carbocycles. The highest BCUT2D eigenvalue weighted by Gasteiger charge is 2.36. The topological polar surface area (TPSA) is 110 Å². The van der Waals surface area contributed by atoms with Gasteiger partial charge < -0.3 is 15.4 Å². The molecule has 0 radical (unpaired) electrons. The standard InChI is InChI=1S/C11H13N5O2/c1-5-2-7(6(5)3-17)16-4-13-8-9(16)14-11(12)15-10(8)18/h4,6-7,17H,1-3H2,(H3,12,14,15,18)/t6-,7-/m1/s1. The Morgan fingerprint density at radius 1 is 1.67 bits per heavy atom. The second kappa shape index (κ2) is 3.67. The predicted molar refractivity (Wildman–Crippen MR) is 65.9 cm³/mol. The van der Waals surface area contributed by atoms with Crippen molar-refractivity contribution in [1.29, 1.82) is 0 Å². The average molecular weight is 247 g/mol. The maximum atomic E-state index is 11.6. The van der Waals surface area contributed by atoms with Crippen LogP contribution in [0, 0.1) is 5.92 Å². The van der Waals surface area contributed by atoms with E-state index in [0.717, 1.165) is 12.0 Å². The van der Waals surface area contributed by atoms with Crippen molar-refractivity contribution in [2.45, 2.75) is 12.5 Å². The van der Waals surface area contributed by atoms with Gasteiger partial charge in [0.2, 0.25) is 5.95 Å². The van der Waals surface area contributed by atoms with Crippen molar-refractivity contribution in [3.8, 4) is 0 Å². The number of hydrogen-bond acceptors (Lipinski definition) is 5. The minimum atomic E-state index is -0.352. The monoisotopic (exact) mass is 247 g/mol. The highest BCUT2D eigenvalue weighted by Crippen LogP contribution is 2.42. The zero-order valence-corrected chi connectivity index (χ0v) is 9.63. The molecule has 0 aliphatic heterocycles. The molecule has 0 spiro atoms. The molecule has 2 atom stereocenters. The number of nitrogens with one attached hydrogen (secondary N) is 1. The Morgan fingerprint density at radius 2 is 2.44 bits per heavy atom. The van der Waals surface area contributed by atoms with Gasteiger partial charge in [0.05, 0.1) is 12.9 Å². The van der Waals surface area contributed by atoms with Crippen molar-refractivity contribution in [1.82, 2.24) is 19.5 Å². The Hall–Kier alpha value is -2.15. The fourth-order valence-corrected chi connectivity index (χ4v) is 2.40. The lowest BCUT2D eigenvalue weighted by atomic mass is 9.75. The average Bonchev–Trinajstić information content (AvgIpc) is 2.69. The van der Waals surface area contributed by atoms with E-state index in [9.17, 15) is 9.90 Å². The third-order valence-electron chi connectivity index (χ3n) is 3.46. The lowest BCUT2D eigenvalue weighted by Gasteiger charge is -2.38. The van der Waals surface area contributed by atoms with Gasteiger partial charge in [0.25, 0.3) is 5.56 Å². The van der Waals surface area contributed by atoms with Gasteiger partial charge in [-0.15, -0.1) is 0 Å². The maximum Gasteiger partial charge on any atom is 0.280 e. The first-order valence-electron chi connectivity index (χ1n) is 5.62. The summed E-state index contributed by atoms with van der Waals surface area (Å²) in [5.74, 6) is 0.0534. The fourth-order valence-electron chi connectivity index (χ4n) is 2.40. The molecular formula is C11H13N5O2. The Morgan fingerprint density at radius 3 is 3.11 bits per heavy atom. The Bertz CT molecular complexity index is 686. The van der Waals surface area contributed by atoms with Crippen LogP contribution in [0.5, 0.6) is 0 Å². The van der Waals surface area contributed by atoms with Gasteiger partial charge in [-0.1, -0.05) is 12.2 Å². The van der Waals surface area contributed by atoms with Crippen molar-refractivity contribution < 1.29 is 5.11 Å². The van der Waals surface area contributed by atoms with E-state index in [4.69, 9.17) is 5.73 Å². The summed E-state index contributed by atoms with van der Waals surface area (Å²) in [7, 11) is 0. The summed E-state index contributed by atoms with van der Waals surface area (Å²) in [5, 5.41) is 9.30. The van der Waals surface area contributed by atoms with Crippen LogP contribution in [0.15, 0.2) is 23.3 Å². The molecule has 0 amide bonds. The zero-order valence-electron chi connectivity index (χ0n) is 9.63. The van der Waals surface area contributed by atoms with E-state index in [1.165, 1.54) is 0 Å². The normalized spacial score (nSPS) is 23.3. The van der Waals surface area contributed by atoms with E-state index >= 15 is 0 Å². The quantitative estimate of drug-likeness (QED) is 0.637. The number of imidazole rings is 1. The van der Waals surface area contributed by atoms with Gasteiger partial charge in [-0.25, -0.2) is 4.98 Å². The molecule has 1 saturated carbocycles. The summed E-state index contributed by atoms with van der Waals surface area (Å²) in [5.41, 5.74) is 6.90. The molecule has 1 aliphatic rings. The van der Waals surface area contributed by atoms with Crippen LogP contribution < -0.4 is 11.3 Å². The number of aromatic amines is 1. The number of aliphatic hydroxyl groups excluding tert-OH is 1. The van der Waals surface area contributed by atoms with Gasteiger partial charge >= 0.3 is 0 Å². The number of rotatable bonds is 2. The largest absolute Gasteiger partial charge is 0.396 e. The minimum Gasteiger partial charge on any atom is -0.396 e. The van der Waals surface area contributed by atoms with E-state index in [-0.39, 0.29) is 35.6 Å². The smallest absolute Gasteiger partial charge is 0.280 e. The number of nitrogens with zero attached hydrogens (tertiary/aromatic N) is 3. The van der Waals surface area contributed by atoms with Crippen molar-refractivity contribution in [3.63, 3.8) is 0 Å². The molecule has 7 nitrogen and oxygen atoms in total. The number of aromatic nitrogens is 4. The summed E-state index contributed by atoms with van der Waals surface area (Å²) in [6.45, 7) is 3.91. The van der Waals surface area contributed by atoms with Crippen LogP contribution in [0.3, 0.4) is 0 Å². The summed E-state index contributed by atoms with van der Waals surface area (Å²) in [4.78, 5) is 22.2. The molecule has 18 heavy (non-hydrogen) atoms. The first-order chi connectivity index (χ1) is 8.61. The van der Waals surface area contributed by atoms with E-state index in [2.05, 4.69) is 21.5 Å². The summed E-state index contributed by atoms with van der Waals surface area (Å²) in [6.07, 6.45) is 2.32. The van der Waals surface area contributed by atoms with Crippen LogP contribution in [-0.4, -0.2) is 31.2 Å². The van der Waals surface area contributed by atoms with E-state index in [0.29, 0.717) is 5.65 Å². The molecule has 0 unspecified atom stereocenters. The fraction of sp³-hybridized carbons (Fsp3) is 0.364. The highest BCUT2D eigenvalue weighted by atomic mass is 16.3. The van der Waals surface area contributed by atoms with Crippen molar-refractivity contribution in [2.75, 3.05) is 12.3 Å². The van der Waals surface area contributed by atoms with Crippen LogP contribution >= 0.6 is 0 Å². The van der Waals surface area contributed by atoms with Gasteiger partial charge in [0, 0.05) is 12.0 Å². The first kappa shape index (κ1) is 11.0. The lowest BCUT2D eigenvalue weighted by molar-refractivity contribution is 0.158. The van der Waals surface area contributed by atoms with Crippen molar-refractivity contribution >= 4 is 17.1 Å². The molecule has 0 saturated heterocycles. The summed E-state index contributed by atoms with van der Waals surface area (Å²) < 4.78 is 1.79. The molecular weight excluding hydrogens is 234 g/mol. The van der Waals surface area contributed by atoms with Crippen molar-refractivity contribution in [2.24, 2.45) is 5.92 Å². The predicted octanol–water partition coefficient (Wildman–Crippen LogP) is -0.189. The molecule has 0 bridgehead atoms. The lowest BCUT2D eigenvalue weighted by Crippen LogP contribution is -2.33. The number of nitrogen functional groups attached to an aromatic ring is 1. The van der Waals surface area contributed by atoms with E-state index in [1.807, 2.05) is 0 Å². The third kappa shape index (κ3) is 1.37. The number of hydrogen-bond donors (Lipinski definition) is 3. The summed E-state index contributed by atoms with van der Waals surface area (Å²) >= 11 is 0. The summed E-state index contributed by atoms with van der Waals surface area (Å²) in [6, 6.07) is 0.0428. The molecule has 3 rings (SSSR count). The van der Waals surface area contributed by atoms with Gasteiger partial charge in [0.1, 0.15) is 0 Å². The van der Waals surface area contributed by atoms with Crippen LogP contribution in [0.25, 0.3) is 11.2 Å². The second-order valence-corrected chi connectivity index (χ2v) is 4.49. The molecule has 4 N–H and O–H groups in total. The zero-order chi connectivity index (χ0) is 12.9. The highest BCUT2D eigenvalue weighted by molar-refractivity contribution is 5.70. The molecule has 0 aromatic carbocycles. The number of aliphatic hydroxyl groups is 1. The molecule has 2 aromatic heterocycles. The Balaban J connectivity index is 2.14.